The van der Waals surface area contributed by atoms with Crippen LogP contribution in [0.4, 0.5) is 5.69 Å². The van der Waals surface area contributed by atoms with Gasteiger partial charge in [-0.1, -0.05) is 35.8 Å². The lowest BCUT2D eigenvalue weighted by molar-refractivity contribution is -0.118. The predicted octanol–water partition coefficient (Wildman–Crippen LogP) is 5.21. The topological polar surface area (TPSA) is 38.3 Å². The molecule has 0 aliphatic carbocycles. The van der Waals surface area contributed by atoms with Crippen molar-refractivity contribution < 1.29 is 9.53 Å². The first kappa shape index (κ1) is 17.5. The van der Waals surface area contributed by atoms with Crippen LogP contribution in [-0.4, -0.2) is 12.5 Å². The minimum absolute atomic E-state index is 0.00561. The summed E-state index contributed by atoms with van der Waals surface area (Å²) in [5.41, 5.74) is 4.13. The Kier molecular flexibility index (Phi) is 5.83. The predicted molar refractivity (Wildman–Crippen MR) is 98.3 cm³/mol. The number of carbonyl (C=O) groups excluding carboxylic acids is 1. The van der Waals surface area contributed by atoms with Crippen LogP contribution in [0.3, 0.4) is 0 Å². The van der Waals surface area contributed by atoms with Crippen LogP contribution >= 0.6 is 15.9 Å². The standard InChI is InChI=1S/C19H22BrNO2/c1-12(2)17-10-15(20)5-6-18(17)23-11-19(22)21-16-8-13(3)7-14(4)9-16/h5-10,12H,11H2,1-4H3,(H,21,22). The van der Waals surface area contributed by atoms with E-state index in [-0.39, 0.29) is 12.5 Å². The normalized spacial score (nSPS) is 10.7. The number of halogens is 1. The Morgan fingerprint density at radius 1 is 1.13 bits per heavy atom. The highest BCUT2D eigenvalue weighted by atomic mass is 79.9. The van der Waals surface area contributed by atoms with Crippen LogP contribution in [0.2, 0.25) is 0 Å². The van der Waals surface area contributed by atoms with Crippen LogP contribution in [0.15, 0.2) is 40.9 Å². The van der Waals surface area contributed by atoms with E-state index in [1.165, 1.54) is 0 Å². The van der Waals surface area contributed by atoms with E-state index in [4.69, 9.17) is 4.74 Å². The summed E-state index contributed by atoms with van der Waals surface area (Å²) in [4.78, 5) is 12.1. The van der Waals surface area contributed by atoms with Crippen molar-refractivity contribution in [2.75, 3.05) is 11.9 Å². The van der Waals surface area contributed by atoms with Gasteiger partial charge in [0.1, 0.15) is 5.75 Å². The number of hydrogen-bond acceptors (Lipinski definition) is 2. The fourth-order valence-electron chi connectivity index (χ4n) is 2.49. The SMILES string of the molecule is Cc1cc(C)cc(NC(=O)COc2ccc(Br)cc2C(C)C)c1. The summed E-state index contributed by atoms with van der Waals surface area (Å²) >= 11 is 3.47. The summed E-state index contributed by atoms with van der Waals surface area (Å²) in [5.74, 6) is 0.913. The minimum atomic E-state index is -0.160. The number of rotatable bonds is 5. The Morgan fingerprint density at radius 3 is 2.39 bits per heavy atom. The van der Waals surface area contributed by atoms with Gasteiger partial charge in [0.15, 0.2) is 6.61 Å². The molecule has 0 bridgehead atoms. The van der Waals surface area contributed by atoms with Crippen molar-refractivity contribution >= 4 is 27.5 Å². The van der Waals surface area contributed by atoms with E-state index in [1.54, 1.807) is 0 Å². The molecule has 0 spiro atoms. The summed E-state index contributed by atoms with van der Waals surface area (Å²) in [6.45, 7) is 8.22. The van der Waals surface area contributed by atoms with Crippen molar-refractivity contribution in [2.24, 2.45) is 0 Å². The van der Waals surface area contributed by atoms with Gasteiger partial charge in [0.05, 0.1) is 0 Å². The number of anilines is 1. The number of hydrogen-bond donors (Lipinski definition) is 1. The molecule has 0 unspecified atom stereocenters. The van der Waals surface area contributed by atoms with Crippen LogP contribution < -0.4 is 10.1 Å². The summed E-state index contributed by atoms with van der Waals surface area (Å²) < 4.78 is 6.72. The molecular formula is C19H22BrNO2. The molecule has 23 heavy (non-hydrogen) atoms. The van der Waals surface area contributed by atoms with E-state index in [0.29, 0.717) is 5.92 Å². The Balaban J connectivity index is 2.02. The first-order valence-electron chi connectivity index (χ1n) is 7.65. The van der Waals surface area contributed by atoms with Gasteiger partial charge in [-0.15, -0.1) is 0 Å². The van der Waals surface area contributed by atoms with Gasteiger partial charge in [-0.3, -0.25) is 4.79 Å². The molecule has 0 aliphatic heterocycles. The van der Waals surface area contributed by atoms with Gasteiger partial charge in [0, 0.05) is 10.2 Å². The van der Waals surface area contributed by atoms with Gasteiger partial charge in [0.2, 0.25) is 0 Å². The molecule has 0 radical (unpaired) electrons. The summed E-state index contributed by atoms with van der Waals surface area (Å²) in [6.07, 6.45) is 0. The monoisotopic (exact) mass is 375 g/mol. The van der Waals surface area contributed by atoms with Crippen molar-refractivity contribution in [3.05, 3.63) is 57.6 Å². The zero-order valence-electron chi connectivity index (χ0n) is 13.9. The quantitative estimate of drug-likeness (QED) is 0.778. The molecule has 2 aromatic rings. The van der Waals surface area contributed by atoms with E-state index in [1.807, 2.05) is 44.2 Å². The lowest BCUT2D eigenvalue weighted by Gasteiger charge is -2.14. The fourth-order valence-corrected chi connectivity index (χ4v) is 2.87. The van der Waals surface area contributed by atoms with Crippen LogP contribution in [0.5, 0.6) is 5.75 Å². The van der Waals surface area contributed by atoms with Gasteiger partial charge in [0.25, 0.3) is 5.91 Å². The van der Waals surface area contributed by atoms with E-state index in [2.05, 4.69) is 41.2 Å². The van der Waals surface area contributed by atoms with Gasteiger partial charge in [-0.25, -0.2) is 0 Å². The van der Waals surface area contributed by atoms with Crippen LogP contribution in [-0.2, 0) is 4.79 Å². The van der Waals surface area contributed by atoms with Crippen LogP contribution in [0, 0.1) is 13.8 Å². The molecule has 122 valence electrons. The largest absolute Gasteiger partial charge is 0.483 e. The zero-order chi connectivity index (χ0) is 17.0. The molecule has 4 heteroatoms. The second-order valence-corrected chi connectivity index (χ2v) is 6.97. The third kappa shape index (κ3) is 5.10. The maximum Gasteiger partial charge on any atom is 0.262 e. The average molecular weight is 376 g/mol. The lowest BCUT2D eigenvalue weighted by atomic mass is 10.0. The van der Waals surface area contributed by atoms with Crippen molar-refractivity contribution in [1.82, 2.24) is 0 Å². The first-order valence-corrected chi connectivity index (χ1v) is 8.45. The van der Waals surface area contributed by atoms with E-state index in [9.17, 15) is 4.79 Å². The highest BCUT2D eigenvalue weighted by molar-refractivity contribution is 9.10. The van der Waals surface area contributed by atoms with Gasteiger partial charge in [-0.2, -0.15) is 0 Å². The minimum Gasteiger partial charge on any atom is -0.483 e. The third-order valence-electron chi connectivity index (χ3n) is 3.46. The molecule has 0 fully saturated rings. The summed E-state index contributed by atoms with van der Waals surface area (Å²) in [6, 6.07) is 11.8. The van der Waals surface area contributed by atoms with Gasteiger partial charge in [-0.05, 0) is 66.8 Å². The Bertz CT molecular complexity index is 690. The molecule has 0 aliphatic rings. The highest BCUT2D eigenvalue weighted by Gasteiger charge is 2.11. The van der Waals surface area contributed by atoms with Crippen molar-refractivity contribution in [3.63, 3.8) is 0 Å². The summed E-state index contributed by atoms with van der Waals surface area (Å²) in [5, 5.41) is 2.88. The molecular weight excluding hydrogens is 354 g/mol. The van der Waals surface area contributed by atoms with Crippen molar-refractivity contribution in [3.8, 4) is 5.75 Å². The zero-order valence-corrected chi connectivity index (χ0v) is 15.5. The van der Waals surface area contributed by atoms with E-state index >= 15 is 0 Å². The molecule has 1 amide bonds. The highest BCUT2D eigenvalue weighted by Crippen LogP contribution is 2.29. The smallest absolute Gasteiger partial charge is 0.262 e. The number of ether oxygens (including phenoxy) is 1. The molecule has 2 rings (SSSR count). The molecule has 1 N–H and O–H groups in total. The molecule has 0 atom stereocenters. The van der Waals surface area contributed by atoms with Gasteiger partial charge >= 0.3 is 0 Å². The lowest BCUT2D eigenvalue weighted by Crippen LogP contribution is -2.20. The molecule has 3 nitrogen and oxygen atoms in total. The maximum absolute atomic E-state index is 12.1. The number of carbonyl (C=O) groups is 1. The Hall–Kier alpha value is -1.81. The molecule has 0 saturated carbocycles. The van der Waals surface area contributed by atoms with Crippen LogP contribution in [0.1, 0.15) is 36.5 Å². The first-order chi connectivity index (χ1) is 10.8. The second-order valence-electron chi connectivity index (χ2n) is 6.05. The molecule has 0 saturated heterocycles. The molecule has 2 aromatic carbocycles. The van der Waals surface area contributed by atoms with Gasteiger partial charge < -0.3 is 10.1 Å². The Labute approximate surface area is 146 Å². The van der Waals surface area contributed by atoms with Crippen molar-refractivity contribution in [2.45, 2.75) is 33.6 Å². The maximum atomic E-state index is 12.1. The fraction of sp³-hybridized carbons (Fsp3) is 0.316. The molecule has 0 aromatic heterocycles. The summed E-state index contributed by atoms with van der Waals surface area (Å²) in [7, 11) is 0. The second kappa shape index (κ2) is 7.64. The third-order valence-corrected chi connectivity index (χ3v) is 3.95. The van der Waals surface area contributed by atoms with E-state index in [0.717, 1.165) is 32.6 Å². The van der Waals surface area contributed by atoms with Crippen molar-refractivity contribution in [1.29, 1.82) is 0 Å². The van der Waals surface area contributed by atoms with E-state index < -0.39 is 0 Å². The van der Waals surface area contributed by atoms with Crippen LogP contribution in [0.25, 0.3) is 0 Å². The average Bonchev–Trinajstić information content (AvgIpc) is 2.44. The number of nitrogens with one attached hydrogen (secondary N) is 1. The number of benzene rings is 2. The Morgan fingerprint density at radius 2 is 1.78 bits per heavy atom. The number of amides is 1. The number of aryl methyl sites for hydroxylation is 2. The molecule has 0 heterocycles.